The first kappa shape index (κ1) is 14.6. The lowest BCUT2D eigenvalue weighted by Crippen LogP contribution is -2.26. The molecule has 0 saturated carbocycles. The number of halogens is 2. The number of rotatable bonds is 3. The third kappa shape index (κ3) is 2.86. The Balaban J connectivity index is 2.51. The Morgan fingerprint density at radius 2 is 1.95 bits per heavy atom. The van der Waals surface area contributed by atoms with E-state index in [2.05, 4.69) is 0 Å². The van der Waals surface area contributed by atoms with Gasteiger partial charge in [0.1, 0.15) is 6.04 Å². The molecule has 20 heavy (non-hydrogen) atoms. The number of hydrogen-bond donors (Lipinski definition) is 1. The Hall–Kier alpha value is -1.78. The molecule has 6 heteroatoms. The first-order chi connectivity index (χ1) is 9.40. The van der Waals surface area contributed by atoms with Gasteiger partial charge >= 0.3 is 5.97 Å². The van der Waals surface area contributed by atoms with Crippen LogP contribution in [0.2, 0.25) is 10.0 Å². The highest BCUT2D eigenvalue weighted by Crippen LogP contribution is 2.29. The topological polar surface area (TPSA) is 59.3 Å². The van der Waals surface area contributed by atoms with Gasteiger partial charge in [0.25, 0.3) is 5.56 Å². The first-order valence-corrected chi connectivity index (χ1v) is 6.56. The quantitative estimate of drug-likeness (QED) is 0.944. The van der Waals surface area contributed by atoms with Gasteiger partial charge in [0.05, 0.1) is 0 Å². The van der Waals surface area contributed by atoms with Crippen LogP contribution in [0.25, 0.3) is 11.1 Å². The molecule has 0 aliphatic rings. The van der Waals surface area contributed by atoms with E-state index in [1.54, 1.807) is 24.3 Å². The van der Waals surface area contributed by atoms with Gasteiger partial charge in [0, 0.05) is 27.9 Å². The standard InChI is InChI=1S/C14H11Cl2NO3/c1-8(14(19)20)17-5-4-9(6-13(17)18)11-7-10(15)2-3-12(11)16/h2-8H,1H3,(H,19,20)/t8-/m0/s1. The molecule has 1 atom stereocenters. The molecular weight excluding hydrogens is 301 g/mol. The highest BCUT2D eigenvalue weighted by Gasteiger charge is 2.15. The number of pyridine rings is 1. The minimum atomic E-state index is -1.07. The maximum absolute atomic E-state index is 12.0. The van der Waals surface area contributed by atoms with E-state index in [9.17, 15) is 9.59 Å². The second-order valence-electron chi connectivity index (χ2n) is 4.30. The van der Waals surface area contributed by atoms with Crippen LogP contribution in [0, 0.1) is 0 Å². The Bertz CT molecular complexity index is 725. The fourth-order valence-electron chi connectivity index (χ4n) is 1.81. The molecule has 0 aliphatic heterocycles. The second kappa shape index (κ2) is 5.69. The zero-order chi connectivity index (χ0) is 14.9. The summed E-state index contributed by atoms with van der Waals surface area (Å²) in [5, 5.41) is 9.91. The Morgan fingerprint density at radius 3 is 2.55 bits per heavy atom. The van der Waals surface area contributed by atoms with E-state index in [4.69, 9.17) is 28.3 Å². The molecule has 104 valence electrons. The van der Waals surface area contributed by atoms with Gasteiger partial charge in [0.2, 0.25) is 0 Å². The maximum Gasteiger partial charge on any atom is 0.326 e. The largest absolute Gasteiger partial charge is 0.480 e. The van der Waals surface area contributed by atoms with Crippen LogP contribution >= 0.6 is 23.2 Å². The lowest BCUT2D eigenvalue weighted by Gasteiger charge is -2.11. The van der Waals surface area contributed by atoms with Crippen molar-refractivity contribution in [1.29, 1.82) is 0 Å². The van der Waals surface area contributed by atoms with Crippen molar-refractivity contribution in [1.82, 2.24) is 4.57 Å². The predicted octanol–water partition coefficient (Wildman–Crippen LogP) is 3.47. The van der Waals surface area contributed by atoms with Crippen molar-refractivity contribution < 1.29 is 9.90 Å². The number of carboxylic acids is 1. The van der Waals surface area contributed by atoms with Crippen molar-refractivity contribution in [3.05, 3.63) is 56.9 Å². The van der Waals surface area contributed by atoms with Crippen LogP contribution in [-0.4, -0.2) is 15.6 Å². The van der Waals surface area contributed by atoms with Crippen molar-refractivity contribution in [2.24, 2.45) is 0 Å². The van der Waals surface area contributed by atoms with Gasteiger partial charge in [-0.2, -0.15) is 0 Å². The van der Waals surface area contributed by atoms with Crippen LogP contribution in [0.1, 0.15) is 13.0 Å². The molecule has 0 saturated heterocycles. The Kier molecular flexibility index (Phi) is 4.16. The van der Waals surface area contributed by atoms with Crippen molar-refractivity contribution in [3.8, 4) is 11.1 Å². The smallest absolute Gasteiger partial charge is 0.326 e. The molecule has 0 bridgehead atoms. The summed E-state index contributed by atoms with van der Waals surface area (Å²) in [4.78, 5) is 22.9. The highest BCUT2D eigenvalue weighted by atomic mass is 35.5. The second-order valence-corrected chi connectivity index (χ2v) is 5.14. The molecule has 1 aromatic heterocycles. The van der Waals surface area contributed by atoms with Crippen molar-refractivity contribution in [2.75, 3.05) is 0 Å². The summed E-state index contributed by atoms with van der Waals surface area (Å²) >= 11 is 12.0. The Labute approximate surface area is 125 Å². The molecule has 0 fully saturated rings. The van der Waals surface area contributed by atoms with E-state index >= 15 is 0 Å². The Morgan fingerprint density at radius 1 is 1.25 bits per heavy atom. The molecule has 4 nitrogen and oxygen atoms in total. The van der Waals surface area contributed by atoms with Crippen LogP contribution < -0.4 is 5.56 Å². The van der Waals surface area contributed by atoms with Gasteiger partial charge in [-0.15, -0.1) is 0 Å². The summed E-state index contributed by atoms with van der Waals surface area (Å²) in [7, 11) is 0. The lowest BCUT2D eigenvalue weighted by atomic mass is 10.1. The normalized spacial score (nSPS) is 12.2. The number of hydrogen-bond acceptors (Lipinski definition) is 2. The molecular formula is C14H11Cl2NO3. The molecule has 0 unspecified atom stereocenters. The van der Waals surface area contributed by atoms with Crippen LogP contribution in [0.3, 0.4) is 0 Å². The number of carbonyl (C=O) groups is 1. The summed E-state index contributed by atoms with van der Waals surface area (Å²) in [6.45, 7) is 1.44. The van der Waals surface area contributed by atoms with Gasteiger partial charge in [-0.1, -0.05) is 23.2 Å². The molecule has 1 heterocycles. The molecule has 0 amide bonds. The van der Waals surface area contributed by atoms with E-state index < -0.39 is 17.6 Å². The number of carboxylic acid groups (broad SMARTS) is 1. The highest BCUT2D eigenvalue weighted by molar-refractivity contribution is 6.35. The van der Waals surface area contributed by atoms with Crippen molar-refractivity contribution >= 4 is 29.2 Å². The zero-order valence-electron chi connectivity index (χ0n) is 10.5. The molecule has 0 aliphatic carbocycles. The van der Waals surface area contributed by atoms with Crippen LogP contribution in [-0.2, 0) is 4.79 Å². The minimum absolute atomic E-state index is 0.409. The summed E-state index contributed by atoms with van der Waals surface area (Å²) in [5.41, 5.74) is 0.816. The third-order valence-electron chi connectivity index (χ3n) is 2.96. The zero-order valence-corrected chi connectivity index (χ0v) is 12.0. The van der Waals surface area contributed by atoms with Gasteiger partial charge in [-0.3, -0.25) is 4.79 Å². The fourth-order valence-corrected chi connectivity index (χ4v) is 2.21. The molecule has 1 N–H and O–H groups in total. The van der Waals surface area contributed by atoms with Gasteiger partial charge < -0.3 is 9.67 Å². The number of aliphatic carboxylic acids is 1. The summed E-state index contributed by atoms with van der Waals surface area (Å²) in [6, 6.07) is 7.01. The van der Waals surface area contributed by atoms with Crippen LogP contribution in [0.5, 0.6) is 0 Å². The molecule has 2 rings (SSSR count). The number of aromatic nitrogens is 1. The van der Waals surface area contributed by atoms with E-state index in [1.807, 2.05) is 0 Å². The average Bonchev–Trinajstić information content (AvgIpc) is 2.40. The maximum atomic E-state index is 12.0. The van der Waals surface area contributed by atoms with E-state index in [1.165, 1.54) is 19.2 Å². The summed E-state index contributed by atoms with van der Waals surface area (Å²) < 4.78 is 1.14. The predicted molar refractivity (Wildman–Crippen MR) is 78.5 cm³/mol. The molecule has 1 aromatic carbocycles. The van der Waals surface area contributed by atoms with Crippen molar-refractivity contribution in [3.63, 3.8) is 0 Å². The summed E-state index contributed by atoms with van der Waals surface area (Å²) in [6.07, 6.45) is 1.44. The van der Waals surface area contributed by atoms with E-state index in [0.29, 0.717) is 21.2 Å². The SMILES string of the molecule is C[C@@H](C(=O)O)n1ccc(-c2cc(Cl)ccc2Cl)cc1=O. The lowest BCUT2D eigenvalue weighted by molar-refractivity contribution is -0.140. The number of benzene rings is 1. The van der Waals surface area contributed by atoms with E-state index in [-0.39, 0.29) is 0 Å². The minimum Gasteiger partial charge on any atom is -0.480 e. The fraction of sp³-hybridized carbons (Fsp3) is 0.143. The third-order valence-corrected chi connectivity index (χ3v) is 3.53. The van der Waals surface area contributed by atoms with Gasteiger partial charge in [-0.25, -0.2) is 4.79 Å². The van der Waals surface area contributed by atoms with E-state index in [0.717, 1.165) is 4.57 Å². The number of nitrogens with zero attached hydrogens (tertiary/aromatic N) is 1. The monoisotopic (exact) mass is 311 g/mol. The first-order valence-electron chi connectivity index (χ1n) is 5.80. The average molecular weight is 312 g/mol. The van der Waals surface area contributed by atoms with Crippen LogP contribution in [0.4, 0.5) is 0 Å². The molecule has 0 spiro atoms. The van der Waals surface area contributed by atoms with Crippen molar-refractivity contribution in [2.45, 2.75) is 13.0 Å². The molecule has 2 aromatic rings. The van der Waals surface area contributed by atoms with Gasteiger partial charge in [0.15, 0.2) is 0 Å². The van der Waals surface area contributed by atoms with Gasteiger partial charge in [-0.05, 0) is 36.8 Å². The summed E-state index contributed by atoms with van der Waals surface area (Å²) in [5.74, 6) is -1.07. The van der Waals surface area contributed by atoms with Crippen LogP contribution in [0.15, 0.2) is 41.3 Å². The molecule has 0 radical (unpaired) electrons.